The van der Waals surface area contributed by atoms with Crippen molar-refractivity contribution in [3.63, 3.8) is 0 Å². The Labute approximate surface area is 148 Å². The number of hydrogen-bond acceptors (Lipinski definition) is 3. The average Bonchev–Trinajstić information content (AvgIpc) is 2.56. The Hall–Kier alpha value is -2.20. The molecule has 3 rings (SSSR count). The van der Waals surface area contributed by atoms with Gasteiger partial charge in [-0.2, -0.15) is 0 Å². The van der Waals surface area contributed by atoms with Crippen LogP contribution < -0.4 is 10.1 Å². The molecule has 2 aromatic rings. The lowest BCUT2D eigenvalue weighted by atomic mass is 9.80. The summed E-state index contributed by atoms with van der Waals surface area (Å²) in [4.78, 5) is 11.6. The standard InChI is InChI=1S/C19H21NO3.ClH/c1-19(2)13-23-18(21)20-17(19)15-9-6-10-16(11-15)22-12-14-7-4-3-5-8-14;/h3-11,17H,12-13H2,1-2H3,(H,20,21);1H/t17-;/m0./s1. The Morgan fingerprint density at radius 3 is 2.67 bits per heavy atom. The van der Waals surface area contributed by atoms with E-state index in [1.54, 1.807) is 0 Å². The molecule has 0 aliphatic carbocycles. The van der Waals surface area contributed by atoms with E-state index in [1.165, 1.54) is 0 Å². The third kappa shape index (κ3) is 4.20. The van der Waals surface area contributed by atoms with Crippen LogP contribution in [-0.4, -0.2) is 12.7 Å². The van der Waals surface area contributed by atoms with Gasteiger partial charge >= 0.3 is 6.09 Å². The Kier molecular flexibility index (Phi) is 5.73. The predicted octanol–water partition coefficient (Wildman–Crippen LogP) is 4.49. The zero-order valence-electron chi connectivity index (χ0n) is 13.8. The van der Waals surface area contributed by atoms with Gasteiger partial charge in [-0.1, -0.05) is 56.3 Å². The SMILES string of the molecule is CC1(C)COC(=O)N[C@H]1c1cccc(OCc2ccccc2)c1.Cl. The van der Waals surface area contributed by atoms with Crippen molar-refractivity contribution in [1.82, 2.24) is 5.32 Å². The molecule has 0 unspecified atom stereocenters. The summed E-state index contributed by atoms with van der Waals surface area (Å²) in [5.41, 5.74) is 1.97. The van der Waals surface area contributed by atoms with Gasteiger partial charge in [0.1, 0.15) is 19.0 Å². The lowest BCUT2D eigenvalue weighted by Gasteiger charge is -2.38. The van der Waals surface area contributed by atoms with Gasteiger partial charge in [-0.15, -0.1) is 12.4 Å². The van der Waals surface area contributed by atoms with E-state index in [4.69, 9.17) is 9.47 Å². The van der Waals surface area contributed by atoms with Crippen LogP contribution in [0.2, 0.25) is 0 Å². The second kappa shape index (κ2) is 7.58. The number of rotatable bonds is 4. The Morgan fingerprint density at radius 2 is 1.92 bits per heavy atom. The Morgan fingerprint density at radius 1 is 1.17 bits per heavy atom. The van der Waals surface area contributed by atoms with E-state index < -0.39 is 0 Å². The van der Waals surface area contributed by atoms with Crippen molar-refractivity contribution in [3.05, 3.63) is 65.7 Å². The van der Waals surface area contributed by atoms with E-state index in [9.17, 15) is 4.79 Å². The van der Waals surface area contributed by atoms with Gasteiger partial charge in [-0.05, 0) is 23.3 Å². The smallest absolute Gasteiger partial charge is 0.407 e. The number of benzene rings is 2. The van der Waals surface area contributed by atoms with Crippen LogP contribution in [-0.2, 0) is 11.3 Å². The van der Waals surface area contributed by atoms with Crippen LogP contribution in [0.3, 0.4) is 0 Å². The highest BCUT2D eigenvalue weighted by Gasteiger charge is 2.37. The van der Waals surface area contributed by atoms with E-state index in [2.05, 4.69) is 19.2 Å². The Bertz CT molecular complexity index is 688. The van der Waals surface area contributed by atoms with Crippen molar-refractivity contribution >= 4 is 18.5 Å². The number of carbonyl (C=O) groups is 1. The molecule has 1 heterocycles. The van der Waals surface area contributed by atoms with Crippen LogP contribution in [0, 0.1) is 5.41 Å². The van der Waals surface area contributed by atoms with Crippen molar-refractivity contribution in [2.45, 2.75) is 26.5 Å². The van der Waals surface area contributed by atoms with Crippen molar-refractivity contribution in [2.24, 2.45) is 5.41 Å². The summed E-state index contributed by atoms with van der Waals surface area (Å²) in [5.74, 6) is 0.794. The summed E-state index contributed by atoms with van der Waals surface area (Å²) in [6.45, 7) is 5.08. The normalized spacial score (nSPS) is 18.8. The van der Waals surface area contributed by atoms with Crippen molar-refractivity contribution < 1.29 is 14.3 Å². The summed E-state index contributed by atoms with van der Waals surface area (Å²) >= 11 is 0. The zero-order chi connectivity index (χ0) is 16.3. The van der Waals surface area contributed by atoms with Crippen molar-refractivity contribution in [1.29, 1.82) is 0 Å². The van der Waals surface area contributed by atoms with Crippen LogP contribution >= 0.6 is 12.4 Å². The fraction of sp³-hybridized carbons (Fsp3) is 0.316. The van der Waals surface area contributed by atoms with Gasteiger partial charge in [0.2, 0.25) is 0 Å². The number of cyclic esters (lactones) is 1. The maximum Gasteiger partial charge on any atom is 0.407 e. The molecule has 1 aliphatic heterocycles. The third-order valence-corrected chi connectivity index (χ3v) is 4.06. The summed E-state index contributed by atoms with van der Waals surface area (Å²) in [6, 6.07) is 17.8. The second-order valence-electron chi connectivity index (χ2n) is 6.49. The molecule has 2 aromatic carbocycles. The first kappa shape index (κ1) is 18.1. The van der Waals surface area contributed by atoms with Gasteiger partial charge in [0.25, 0.3) is 0 Å². The molecule has 0 aromatic heterocycles. The largest absolute Gasteiger partial charge is 0.489 e. The number of amides is 1. The number of hydrogen-bond donors (Lipinski definition) is 1. The van der Waals surface area contributed by atoms with Crippen molar-refractivity contribution in [2.75, 3.05) is 6.61 Å². The summed E-state index contributed by atoms with van der Waals surface area (Å²) < 4.78 is 11.0. The molecule has 128 valence electrons. The van der Waals surface area contributed by atoms with E-state index >= 15 is 0 Å². The molecule has 5 heteroatoms. The quantitative estimate of drug-likeness (QED) is 0.886. The first-order valence-electron chi connectivity index (χ1n) is 7.74. The van der Waals surface area contributed by atoms with E-state index in [0.717, 1.165) is 16.9 Å². The molecule has 1 fully saturated rings. The fourth-order valence-corrected chi connectivity index (χ4v) is 2.75. The van der Waals surface area contributed by atoms with E-state index in [0.29, 0.717) is 13.2 Å². The minimum atomic E-state index is -0.370. The van der Waals surface area contributed by atoms with Crippen molar-refractivity contribution in [3.8, 4) is 5.75 Å². The number of carbonyl (C=O) groups excluding carboxylic acids is 1. The number of alkyl carbamates (subject to hydrolysis) is 1. The maximum atomic E-state index is 11.6. The van der Waals surface area contributed by atoms with Gasteiger partial charge in [0.15, 0.2) is 0 Å². The number of ether oxygens (including phenoxy) is 2. The molecule has 1 amide bonds. The minimum Gasteiger partial charge on any atom is -0.489 e. The molecule has 24 heavy (non-hydrogen) atoms. The topological polar surface area (TPSA) is 47.6 Å². The highest BCUT2D eigenvalue weighted by Crippen LogP contribution is 2.37. The molecule has 0 radical (unpaired) electrons. The summed E-state index contributed by atoms with van der Waals surface area (Å²) in [6.07, 6.45) is -0.370. The fourth-order valence-electron chi connectivity index (χ4n) is 2.75. The van der Waals surface area contributed by atoms with Gasteiger partial charge in [-0.3, -0.25) is 0 Å². The molecule has 1 N–H and O–H groups in total. The molecule has 4 nitrogen and oxygen atoms in total. The first-order valence-corrected chi connectivity index (χ1v) is 7.74. The van der Waals surface area contributed by atoms with Gasteiger partial charge in [0, 0.05) is 5.41 Å². The average molecular weight is 348 g/mol. The lowest BCUT2D eigenvalue weighted by Crippen LogP contribution is -2.46. The third-order valence-electron chi connectivity index (χ3n) is 4.06. The molecular weight excluding hydrogens is 326 g/mol. The minimum absolute atomic E-state index is 0. The monoisotopic (exact) mass is 347 g/mol. The summed E-state index contributed by atoms with van der Waals surface area (Å²) in [5, 5.41) is 2.91. The maximum absolute atomic E-state index is 11.6. The van der Waals surface area contributed by atoms with Gasteiger partial charge in [0.05, 0.1) is 6.04 Å². The molecule has 0 spiro atoms. The molecule has 0 bridgehead atoms. The molecule has 0 saturated carbocycles. The first-order chi connectivity index (χ1) is 11.0. The molecule has 1 atom stereocenters. The second-order valence-corrected chi connectivity index (χ2v) is 6.49. The number of halogens is 1. The molecular formula is C19H22ClNO3. The van der Waals surface area contributed by atoms with Crippen LogP contribution in [0.15, 0.2) is 54.6 Å². The van der Waals surface area contributed by atoms with Crippen LogP contribution in [0.4, 0.5) is 4.79 Å². The number of nitrogens with one attached hydrogen (secondary N) is 1. The van der Waals surface area contributed by atoms with E-state index in [1.807, 2.05) is 54.6 Å². The van der Waals surface area contributed by atoms with Gasteiger partial charge in [-0.25, -0.2) is 4.79 Å². The highest BCUT2D eigenvalue weighted by atomic mass is 35.5. The lowest BCUT2D eigenvalue weighted by molar-refractivity contribution is 0.0386. The highest BCUT2D eigenvalue weighted by molar-refractivity contribution is 5.85. The van der Waals surface area contributed by atoms with Crippen LogP contribution in [0.25, 0.3) is 0 Å². The molecule has 1 saturated heterocycles. The predicted molar refractivity (Wildman–Crippen MR) is 95.5 cm³/mol. The molecule has 1 aliphatic rings. The Balaban J connectivity index is 0.00000208. The summed E-state index contributed by atoms with van der Waals surface area (Å²) in [7, 11) is 0. The zero-order valence-corrected chi connectivity index (χ0v) is 14.6. The van der Waals surface area contributed by atoms with Crippen LogP contribution in [0.1, 0.15) is 31.0 Å². The van der Waals surface area contributed by atoms with E-state index in [-0.39, 0.29) is 30.0 Å². The van der Waals surface area contributed by atoms with Gasteiger partial charge < -0.3 is 14.8 Å². The van der Waals surface area contributed by atoms with Crippen LogP contribution in [0.5, 0.6) is 5.75 Å².